The Morgan fingerprint density at radius 2 is 0.324 bits per heavy atom. The van der Waals surface area contributed by atoms with Crippen LogP contribution in [0.2, 0.25) is 0 Å². The molecule has 0 aliphatic carbocycles. The van der Waals surface area contributed by atoms with Crippen LogP contribution in [0.5, 0.6) is 0 Å². The first kappa shape index (κ1) is 83.0. The predicted molar refractivity (Wildman–Crippen MR) is 618 cm³/mol. The Balaban J connectivity index is 0.000000103. The zero-order valence-corrected chi connectivity index (χ0v) is 78.9. The number of furan rings is 3. The van der Waals surface area contributed by atoms with E-state index in [0.29, 0.717) is 0 Å². The van der Waals surface area contributed by atoms with Crippen molar-refractivity contribution in [1.82, 2.24) is 0 Å². The summed E-state index contributed by atoms with van der Waals surface area (Å²) in [6, 6.07) is 189. The van der Waals surface area contributed by atoms with Crippen molar-refractivity contribution in [3.63, 3.8) is 0 Å². The number of rotatable bonds is 9. The Bertz CT molecular complexity index is 10700. The van der Waals surface area contributed by atoms with Gasteiger partial charge in [0.1, 0.15) is 33.5 Å². The van der Waals surface area contributed by atoms with Crippen LogP contribution in [0.15, 0.2) is 535 Å². The van der Waals surface area contributed by atoms with E-state index in [1.807, 2.05) is 0 Å². The highest BCUT2D eigenvalue weighted by molar-refractivity contribution is 6.32. The van der Waals surface area contributed by atoms with Crippen LogP contribution in [0.25, 0.3) is 306 Å². The van der Waals surface area contributed by atoms with E-state index in [2.05, 4.69) is 522 Å². The molecule has 0 saturated carbocycles. The van der Waals surface area contributed by atoms with Gasteiger partial charge in [0.05, 0.1) is 0 Å². The van der Waals surface area contributed by atoms with E-state index in [9.17, 15) is 0 Å². The molecular weight excluding hydrogens is 1750 g/mol. The lowest BCUT2D eigenvalue weighted by Gasteiger charge is -2.19. The van der Waals surface area contributed by atoms with E-state index in [1.165, 1.54) is 207 Å². The van der Waals surface area contributed by atoms with Gasteiger partial charge in [0, 0.05) is 49.0 Å². The molecule has 145 heavy (non-hydrogen) atoms. The molecule has 0 atom stereocenters. The average Bonchev–Trinajstić information content (AvgIpc) is 1.70. The standard InChI is InChI=1S/C50H30O.2C46H28O/c1-2-13-33-29-36(26-23-31(33)11-1)47-40-15-5-7-17-42(40)48(43-18-8-6-16-41(43)47)44-20-10-22-46-49(44)45-21-9-19-39(50(45)51-46)35-27-28-38-34(30-35)25-24-32-12-3-4-14-37(32)38;1-2-14-31-28-32(27-26-29(31)12-1)34-21-10-24-41-45-40(23-11-25-42(45)47-46(34)41)44-38-19-7-5-17-36(38)43(37-18-6-8-20-39(37)44)35-22-9-15-30-13-3-4-16-33(30)35;1-2-13-30(14-3-1)43-36-16-6-8-18-38(36)44(39-19-9-7-17-37(39)43)40-21-11-23-42-45(40)41-22-10-20-35(46(41)47-42)32-26-27-34-31(28-32)25-24-29-12-4-5-15-33(29)34/h1-30H;2*1-28H. The lowest BCUT2D eigenvalue weighted by Crippen LogP contribution is -1.92. The monoisotopic (exact) mass is 1840 g/mol. The van der Waals surface area contributed by atoms with Crippen molar-refractivity contribution in [3.05, 3.63) is 522 Å². The molecule has 3 aromatic heterocycles. The summed E-state index contributed by atoms with van der Waals surface area (Å²) in [5.74, 6) is 0. The van der Waals surface area contributed by atoms with Gasteiger partial charge in [-0.15, -0.1) is 0 Å². The van der Waals surface area contributed by atoms with Crippen LogP contribution in [0.4, 0.5) is 0 Å². The van der Waals surface area contributed by atoms with Crippen LogP contribution < -0.4 is 0 Å². The van der Waals surface area contributed by atoms with E-state index >= 15 is 0 Å². The topological polar surface area (TPSA) is 39.4 Å². The van der Waals surface area contributed by atoms with Crippen molar-refractivity contribution < 1.29 is 13.3 Å². The largest absolute Gasteiger partial charge is 0.455 e. The maximum atomic E-state index is 6.84. The third kappa shape index (κ3) is 13.5. The van der Waals surface area contributed by atoms with Gasteiger partial charge >= 0.3 is 0 Å². The minimum atomic E-state index is 0.897. The van der Waals surface area contributed by atoms with Crippen molar-refractivity contribution in [2.45, 2.75) is 0 Å². The van der Waals surface area contributed by atoms with Gasteiger partial charge in [0.15, 0.2) is 0 Å². The molecule has 0 fully saturated rings. The number of para-hydroxylation sites is 3. The lowest BCUT2D eigenvalue weighted by molar-refractivity contribution is 0.669. The smallest absolute Gasteiger partial charge is 0.143 e. The molecule has 0 spiro atoms. The zero-order valence-electron chi connectivity index (χ0n) is 78.9. The molecule has 0 saturated heterocycles. The SMILES string of the molecule is c1ccc(-c2c3ccccc3c(-c3cccc4oc5c(-c6ccc7c(ccc8ccccc87)c6)cccc5c34)c3ccccc23)cc1.c1ccc2cc(-c3c4ccccc4c(-c4cccc5oc6c(-c7ccc8c(ccc9ccccc98)c7)cccc6c45)c4ccccc34)ccc2c1.c1ccc2cc(-c3cccc4c3oc3cccc(-c5c6ccccc6c(-c6cccc7ccccc67)c6ccccc56)c34)ccc2c1. The number of hydrogen-bond donors (Lipinski definition) is 0. The van der Waals surface area contributed by atoms with Crippen LogP contribution in [0, 0.1) is 0 Å². The molecule has 3 nitrogen and oxygen atoms in total. The average molecular weight is 1840 g/mol. The Labute approximate surface area is 834 Å². The summed E-state index contributed by atoms with van der Waals surface area (Å²) in [7, 11) is 0. The van der Waals surface area contributed by atoms with E-state index in [1.54, 1.807) is 0 Å². The first-order valence-electron chi connectivity index (χ1n) is 50.0. The Morgan fingerprint density at radius 1 is 0.103 bits per heavy atom. The second kappa shape index (κ2) is 33.9. The van der Waals surface area contributed by atoms with Crippen molar-refractivity contribution in [3.8, 4) is 100 Å². The molecule has 31 rings (SSSR count). The third-order valence-corrected chi connectivity index (χ3v) is 30.5. The fourth-order valence-electron chi connectivity index (χ4n) is 24.1. The van der Waals surface area contributed by atoms with Crippen molar-refractivity contribution in [2.75, 3.05) is 0 Å². The highest BCUT2D eigenvalue weighted by atomic mass is 16.3. The highest BCUT2D eigenvalue weighted by Crippen LogP contribution is 2.55. The minimum absolute atomic E-state index is 0.897. The van der Waals surface area contributed by atoms with Crippen LogP contribution >= 0.6 is 0 Å². The summed E-state index contributed by atoms with van der Waals surface area (Å²) in [6.45, 7) is 0. The summed E-state index contributed by atoms with van der Waals surface area (Å²) in [5.41, 5.74) is 27.1. The maximum Gasteiger partial charge on any atom is 0.143 e. The van der Waals surface area contributed by atoms with Gasteiger partial charge in [0.2, 0.25) is 0 Å². The van der Waals surface area contributed by atoms with Crippen molar-refractivity contribution >= 4 is 206 Å². The molecule has 31 aromatic rings. The third-order valence-electron chi connectivity index (χ3n) is 30.5. The first-order chi connectivity index (χ1) is 72.0. The fraction of sp³-hybridized carbons (Fsp3) is 0. The van der Waals surface area contributed by atoms with E-state index < -0.39 is 0 Å². The molecular formula is C142H86O3. The molecule has 0 amide bonds. The fourth-order valence-corrected chi connectivity index (χ4v) is 24.1. The van der Waals surface area contributed by atoms with Crippen molar-refractivity contribution in [1.29, 1.82) is 0 Å². The number of hydrogen-bond acceptors (Lipinski definition) is 3. The second-order valence-electron chi connectivity index (χ2n) is 38.4. The van der Waals surface area contributed by atoms with Crippen LogP contribution in [0.1, 0.15) is 0 Å². The first-order valence-corrected chi connectivity index (χ1v) is 50.0. The van der Waals surface area contributed by atoms with Crippen LogP contribution in [0.3, 0.4) is 0 Å². The molecule has 3 heterocycles. The zero-order chi connectivity index (χ0) is 95.3. The second-order valence-corrected chi connectivity index (χ2v) is 38.4. The normalized spacial score (nSPS) is 11.9. The summed E-state index contributed by atoms with van der Waals surface area (Å²) in [5, 5.41) is 39.3. The van der Waals surface area contributed by atoms with Gasteiger partial charge in [-0.05, 0) is 266 Å². The summed E-state index contributed by atoms with van der Waals surface area (Å²) >= 11 is 0. The van der Waals surface area contributed by atoms with Gasteiger partial charge in [-0.1, -0.05) is 479 Å². The van der Waals surface area contributed by atoms with Crippen LogP contribution in [-0.4, -0.2) is 0 Å². The van der Waals surface area contributed by atoms with E-state index in [4.69, 9.17) is 13.3 Å². The Kier molecular flexibility index (Phi) is 19.4. The predicted octanol–water partition coefficient (Wildman–Crippen LogP) is 40.8. The molecule has 3 heteroatoms. The minimum Gasteiger partial charge on any atom is -0.455 e. The lowest BCUT2D eigenvalue weighted by atomic mass is 9.84. The molecule has 28 aromatic carbocycles. The molecule has 0 aliphatic rings. The molecule has 0 radical (unpaired) electrons. The van der Waals surface area contributed by atoms with E-state index in [0.717, 1.165) is 99.2 Å². The molecule has 0 N–H and O–H groups in total. The Hall–Kier alpha value is -19.1. The molecule has 0 bridgehead atoms. The molecule has 672 valence electrons. The summed E-state index contributed by atoms with van der Waals surface area (Å²) in [6.07, 6.45) is 0. The summed E-state index contributed by atoms with van der Waals surface area (Å²) in [4.78, 5) is 0. The van der Waals surface area contributed by atoms with Crippen molar-refractivity contribution in [2.24, 2.45) is 0 Å². The van der Waals surface area contributed by atoms with Gasteiger partial charge in [-0.25, -0.2) is 0 Å². The Morgan fingerprint density at radius 3 is 0.703 bits per heavy atom. The number of fused-ring (bicyclic) bond motifs is 24. The maximum absolute atomic E-state index is 6.84. The number of benzene rings is 28. The van der Waals surface area contributed by atoms with Gasteiger partial charge in [-0.3, -0.25) is 0 Å². The van der Waals surface area contributed by atoms with E-state index in [-0.39, 0.29) is 0 Å². The van der Waals surface area contributed by atoms with Crippen LogP contribution in [-0.2, 0) is 0 Å². The quantitative estimate of drug-likeness (QED) is 0.107. The highest BCUT2D eigenvalue weighted by Gasteiger charge is 2.28. The van der Waals surface area contributed by atoms with Gasteiger partial charge in [0.25, 0.3) is 0 Å². The molecule has 0 unspecified atom stereocenters. The van der Waals surface area contributed by atoms with Gasteiger partial charge < -0.3 is 13.3 Å². The van der Waals surface area contributed by atoms with Gasteiger partial charge in [-0.2, -0.15) is 0 Å². The molecule has 0 aliphatic heterocycles. The summed E-state index contributed by atoms with van der Waals surface area (Å²) < 4.78 is 20.4.